The van der Waals surface area contributed by atoms with E-state index in [9.17, 15) is 4.39 Å². The van der Waals surface area contributed by atoms with Crippen LogP contribution in [0.15, 0.2) is 11.8 Å². The summed E-state index contributed by atoms with van der Waals surface area (Å²) in [5.41, 5.74) is 8.44. The molecule has 0 aromatic heterocycles. The second-order valence-corrected chi connectivity index (χ2v) is 2.22. The van der Waals surface area contributed by atoms with Crippen molar-refractivity contribution in [2.75, 3.05) is 13.2 Å². The van der Waals surface area contributed by atoms with Crippen LogP contribution >= 0.6 is 0 Å². The molecule has 0 spiro atoms. The third-order valence-corrected chi connectivity index (χ3v) is 1.19. The third-order valence-electron chi connectivity index (χ3n) is 1.19. The zero-order valence-electron chi connectivity index (χ0n) is 6.93. The standard InChI is InChI=1S/C7H15FN2O/c1-3-6(2)10-11-5-7(8)4-9/h3,7,10H,4-5,9H2,1-2H3. The van der Waals surface area contributed by atoms with Gasteiger partial charge in [0.05, 0.1) is 0 Å². The second-order valence-electron chi connectivity index (χ2n) is 2.22. The summed E-state index contributed by atoms with van der Waals surface area (Å²) in [4.78, 5) is 4.77. The molecule has 0 saturated heterocycles. The van der Waals surface area contributed by atoms with Gasteiger partial charge in [-0.2, -0.15) is 0 Å². The Hall–Kier alpha value is -0.610. The van der Waals surface area contributed by atoms with Crippen molar-refractivity contribution in [3.8, 4) is 0 Å². The van der Waals surface area contributed by atoms with Crippen molar-refractivity contribution >= 4 is 0 Å². The molecule has 0 aromatic carbocycles. The van der Waals surface area contributed by atoms with Gasteiger partial charge in [-0.25, -0.2) is 4.39 Å². The summed E-state index contributed by atoms with van der Waals surface area (Å²) in [7, 11) is 0. The van der Waals surface area contributed by atoms with Crippen LogP contribution in [0.5, 0.6) is 0 Å². The lowest BCUT2D eigenvalue weighted by Gasteiger charge is -2.08. The van der Waals surface area contributed by atoms with Gasteiger partial charge < -0.3 is 5.73 Å². The lowest BCUT2D eigenvalue weighted by atomic mass is 10.4. The molecule has 66 valence electrons. The van der Waals surface area contributed by atoms with Crippen LogP contribution in [0.25, 0.3) is 0 Å². The first-order valence-corrected chi connectivity index (χ1v) is 3.55. The highest BCUT2D eigenvalue weighted by atomic mass is 19.1. The summed E-state index contributed by atoms with van der Waals surface area (Å²) in [6, 6.07) is 0. The minimum Gasteiger partial charge on any atom is -0.328 e. The molecule has 4 heteroatoms. The lowest BCUT2D eigenvalue weighted by Crippen LogP contribution is -2.25. The number of hydrogen-bond donors (Lipinski definition) is 2. The van der Waals surface area contributed by atoms with E-state index in [4.69, 9.17) is 10.6 Å². The van der Waals surface area contributed by atoms with Crippen LogP contribution in [-0.2, 0) is 4.84 Å². The molecule has 0 heterocycles. The first kappa shape index (κ1) is 10.4. The fraction of sp³-hybridized carbons (Fsp3) is 0.714. The first-order chi connectivity index (χ1) is 5.20. The molecule has 0 aliphatic heterocycles. The Labute approximate surface area is 66.4 Å². The van der Waals surface area contributed by atoms with Crippen LogP contribution in [0, 0.1) is 0 Å². The van der Waals surface area contributed by atoms with Gasteiger partial charge in [0.1, 0.15) is 12.8 Å². The zero-order chi connectivity index (χ0) is 8.69. The molecule has 0 aliphatic carbocycles. The number of rotatable bonds is 5. The highest BCUT2D eigenvalue weighted by Crippen LogP contribution is 1.89. The highest BCUT2D eigenvalue weighted by molar-refractivity contribution is 4.88. The minimum absolute atomic E-state index is 0.00341. The smallest absolute Gasteiger partial charge is 0.138 e. The average molecular weight is 162 g/mol. The number of alkyl halides is 1. The van der Waals surface area contributed by atoms with Crippen LogP contribution in [0.2, 0.25) is 0 Å². The highest BCUT2D eigenvalue weighted by Gasteiger charge is 2.02. The summed E-state index contributed by atoms with van der Waals surface area (Å²) >= 11 is 0. The third kappa shape index (κ3) is 5.82. The maximum absolute atomic E-state index is 12.4. The SMILES string of the molecule is CC=C(C)NOCC(F)CN. The molecule has 1 unspecified atom stereocenters. The Morgan fingerprint density at radius 2 is 2.45 bits per heavy atom. The number of nitrogens with one attached hydrogen (secondary N) is 1. The minimum atomic E-state index is -1.09. The Bertz CT molecular complexity index is 128. The monoisotopic (exact) mass is 162 g/mol. The van der Waals surface area contributed by atoms with Crippen LogP contribution in [0.4, 0.5) is 4.39 Å². The van der Waals surface area contributed by atoms with Crippen molar-refractivity contribution in [3.63, 3.8) is 0 Å². The van der Waals surface area contributed by atoms with Gasteiger partial charge >= 0.3 is 0 Å². The first-order valence-electron chi connectivity index (χ1n) is 3.55. The van der Waals surface area contributed by atoms with E-state index in [1.807, 2.05) is 19.9 Å². The van der Waals surface area contributed by atoms with Gasteiger partial charge in [-0.3, -0.25) is 10.3 Å². The van der Waals surface area contributed by atoms with Crippen molar-refractivity contribution in [2.45, 2.75) is 20.0 Å². The predicted octanol–water partition coefficient (Wildman–Crippen LogP) is 0.728. The molecule has 3 N–H and O–H groups in total. The van der Waals surface area contributed by atoms with Gasteiger partial charge in [0.15, 0.2) is 0 Å². The van der Waals surface area contributed by atoms with E-state index in [0.717, 1.165) is 5.70 Å². The lowest BCUT2D eigenvalue weighted by molar-refractivity contribution is 0.0268. The van der Waals surface area contributed by atoms with E-state index in [1.165, 1.54) is 0 Å². The van der Waals surface area contributed by atoms with Crippen molar-refractivity contribution in [1.29, 1.82) is 0 Å². The largest absolute Gasteiger partial charge is 0.328 e. The normalized spacial score (nSPS) is 14.7. The van der Waals surface area contributed by atoms with Crippen molar-refractivity contribution in [1.82, 2.24) is 5.48 Å². The predicted molar refractivity (Wildman–Crippen MR) is 42.5 cm³/mol. The van der Waals surface area contributed by atoms with E-state index in [2.05, 4.69) is 5.48 Å². The van der Waals surface area contributed by atoms with Crippen LogP contribution in [-0.4, -0.2) is 19.3 Å². The van der Waals surface area contributed by atoms with Crippen LogP contribution in [0.1, 0.15) is 13.8 Å². The van der Waals surface area contributed by atoms with E-state index in [-0.39, 0.29) is 13.2 Å². The molecule has 0 aliphatic rings. The summed E-state index contributed by atoms with van der Waals surface area (Å²) in [6.45, 7) is 3.68. The van der Waals surface area contributed by atoms with Gasteiger partial charge in [0, 0.05) is 12.2 Å². The molecule has 0 radical (unpaired) electrons. The summed E-state index contributed by atoms with van der Waals surface area (Å²) in [5, 5.41) is 0. The quantitative estimate of drug-likeness (QED) is 0.586. The Kier molecular flexibility index (Phi) is 5.78. The van der Waals surface area contributed by atoms with Crippen molar-refractivity contribution < 1.29 is 9.23 Å². The topological polar surface area (TPSA) is 47.3 Å². The summed E-state index contributed by atoms with van der Waals surface area (Å²) < 4.78 is 12.4. The van der Waals surface area contributed by atoms with Gasteiger partial charge in [-0.15, -0.1) is 0 Å². The Morgan fingerprint density at radius 1 is 1.82 bits per heavy atom. The van der Waals surface area contributed by atoms with E-state index < -0.39 is 6.17 Å². The fourth-order valence-corrected chi connectivity index (χ4v) is 0.373. The Morgan fingerprint density at radius 3 is 2.91 bits per heavy atom. The molecule has 0 bridgehead atoms. The molecule has 3 nitrogen and oxygen atoms in total. The zero-order valence-corrected chi connectivity index (χ0v) is 6.93. The fourth-order valence-electron chi connectivity index (χ4n) is 0.373. The number of allylic oxidation sites excluding steroid dienone is 2. The van der Waals surface area contributed by atoms with Crippen LogP contribution < -0.4 is 11.2 Å². The molecule has 0 rings (SSSR count). The second kappa shape index (κ2) is 6.12. The molecule has 0 saturated carbocycles. The number of halogens is 1. The summed E-state index contributed by atoms with van der Waals surface area (Å²) in [5.74, 6) is 0. The number of nitrogens with two attached hydrogens (primary N) is 1. The van der Waals surface area contributed by atoms with Gasteiger partial charge in [-0.1, -0.05) is 6.08 Å². The van der Waals surface area contributed by atoms with Crippen molar-refractivity contribution in [3.05, 3.63) is 11.8 Å². The molecule has 0 amide bonds. The van der Waals surface area contributed by atoms with Crippen LogP contribution in [0.3, 0.4) is 0 Å². The maximum Gasteiger partial charge on any atom is 0.138 e. The molecule has 11 heavy (non-hydrogen) atoms. The van der Waals surface area contributed by atoms with Gasteiger partial charge in [-0.05, 0) is 13.8 Å². The molecular formula is C7H15FN2O. The Balaban J connectivity index is 3.27. The van der Waals surface area contributed by atoms with E-state index in [0.29, 0.717) is 0 Å². The number of hydrogen-bond acceptors (Lipinski definition) is 3. The van der Waals surface area contributed by atoms with Gasteiger partial charge in [0.2, 0.25) is 0 Å². The summed E-state index contributed by atoms with van der Waals surface area (Å²) in [6.07, 6.45) is 0.738. The number of hydroxylamine groups is 1. The van der Waals surface area contributed by atoms with E-state index >= 15 is 0 Å². The molecular weight excluding hydrogens is 147 g/mol. The van der Waals surface area contributed by atoms with Gasteiger partial charge in [0.25, 0.3) is 0 Å². The molecule has 1 atom stereocenters. The average Bonchev–Trinajstić information content (AvgIpc) is 2.04. The molecule has 0 aromatic rings. The molecule has 0 fully saturated rings. The maximum atomic E-state index is 12.4. The van der Waals surface area contributed by atoms with E-state index in [1.54, 1.807) is 0 Å². The van der Waals surface area contributed by atoms with Crippen molar-refractivity contribution in [2.24, 2.45) is 5.73 Å².